The molecule has 2 fully saturated rings. The van der Waals surface area contributed by atoms with Gasteiger partial charge in [0.1, 0.15) is 4.88 Å². The SMILES string of the molecule is O=C(c1sccc1Br)N1CC(F)(F)CC2(CCCNC2=O)C1. The molecule has 1 spiro atoms. The van der Waals surface area contributed by atoms with Gasteiger partial charge >= 0.3 is 0 Å². The quantitative estimate of drug-likeness (QED) is 0.798. The zero-order chi connectivity index (χ0) is 16.0. The maximum atomic E-state index is 14.2. The van der Waals surface area contributed by atoms with Gasteiger partial charge in [0.25, 0.3) is 11.8 Å². The summed E-state index contributed by atoms with van der Waals surface area (Å²) in [5, 5.41) is 4.39. The van der Waals surface area contributed by atoms with Gasteiger partial charge in [0, 0.05) is 24.0 Å². The van der Waals surface area contributed by atoms with Crippen molar-refractivity contribution < 1.29 is 18.4 Å². The molecule has 1 aromatic rings. The number of hydrogen-bond donors (Lipinski definition) is 1. The number of rotatable bonds is 1. The van der Waals surface area contributed by atoms with Crippen molar-refractivity contribution in [3.63, 3.8) is 0 Å². The Hall–Kier alpha value is -1.02. The molecule has 2 aliphatic rings. The van der Waals surface area contributed by atoms with Crippen LogP contribution in [0.5, 0.6) is 0 Å². The molecule has 3 rings (SSSR count). The topological polar surface area (TPSA) is 49.4 Å². The minimum atomic E-state index is -3.05. The van der Waals surface area contributed by atoms with Gasteiger partial charge in [-0.3, -0.25) is 9.59 Å². The van der Waals surface area contributed by atoms with E-state index >= 15 is 0 Å². The van der Waals surface area contributed by atoms with Gasteiger partial charge in [0.05, 0.1) is 12.0 Å². The first-order valence-electron chi connectivity index (χ1n) is 7.01. The third kappa shape index (κ3) is 2.78. The summed E-state index contributed by atoms with van der Waals surface area (Å²) >= 11 is 4.46. The van der Waals surface area contributed by atoms with E-state index in [1.54, 1.807) is 11.4 Å². The lowest BCUT2D eigenvalue weighted by molar-refractivity contribution is -0.153. The highest BCUT2D eigenvalue weighted by molar-refractivity contribution is 9.10. The summed E-state index contributed by atoms with van der Waals surface area (Å²) in [6, 6.07) is 1.71. The molecular weight excluding hydrogens is 378 g/mol. The Bertz CT molecular complexity index is 622. The Morgan fingerprint density at radius 2 is 2.18 bits per heavy atom. The smallest absolute Gasteiger partial charge is 0.266 e. The molecule has 4 nitrogen and oxygen atoms in total. The Morgan fingerprint density at radius 1 is 1.41 bits per heavy atom. The van der Waals surface area contributed by atoms with Crippen LogP contribution >= 0.6 is 27.3 Å². The van der Waals surface area contributed by atoms with E-state index in [1.165, 1.54) is 11.3 Å². The average molecular weight is 393 g/mol. The summed E-state index contributed by atoms with van der Waals surface area (Å²) < 4.78 is 29.0. The van der Waals surface area contributed by atoms with Crippen LogP contribution < -0.4 is 5.32 Å². The molecule has 3 heterocycles. The van der Waals surface area contributed by atoms with Crippen LogP contribution in [0.15, 0.2) is 15.9 Å². The van der Waals surface area contributed by atoms with Crippen LogP contribution in [0.1, 0.15) is 28.9 Å². The molecule has 1 N–H and O–H groups in total. The first-order chi connectivity index (χ1) is 10.3. The van der Waals surface area contributed by atoms with Gasteiger partial charge in [-0.2, -0.15) is 0 Å². The van der Waals surface area contributed by atoms with Crippen molar-refractivity contribution >= 4 is 39.1 Å². The largest absolute Gasteiger partial charge is 0.356 e. The number of alkyl halides is 2. The third-order valence-electron chi connectivity index (χ3n) is 4.21. The summed E-state index contributed by atoms with van der Waals surface area (Å²) in [6.07, 6.45) is 0.567. The summed E-state index contributed by atoms with van der Waals surface area (Å²) in [5.41, 5.74) is -1.17. The van der Waals surface area contributed by atoms with Crippen LogP contribution in [-0.2, 0) is 4.79 Å². The molecule has 1 atom stereocenters. The van der Waals surface area contributed by atoms with Crippen LogP contribution in [0.25, 0.3) is 0 Å². The molecule has 8 heteroatoms. The number of thiophene rings is 1. The molecule has 2 aliphatic heterocycles. The molecule has 0 bridgehead atoms. The summed E-state index contributed by atoms with van der Waals surface area (Å²) in [7, 11) is 0. The predicted octanol–water partition coefficient (Wildman–Crippen LogP) is 2.89. The predicted molar refractivity (Wildman–Crippen MR) is 82.2 cm³/mol. The van der Waals surface area contributed by atoms with Crippen LogP contribution in [0.3, 0.4) is 0 Å². The van der Waals surface area contributed by atoms with Gasteiger partial charge in [-0.25, -0.2) is 8.78 Å². The van der Waals surface area contributed by atoms with Crippen LogP contribution in [0.4, 0.5) is 8.78 Å². The molecule has 0 saturated carbocycles. The fourth-order valence-corrected chi connectivity index (χ4v) is 4.80. The number of carbonyl (C=O) groups excluding carboxylic acids is 2. The molecule has 120 valence electrons. The van der Waals surface area contributed by atoms with E-state index in [4.69, 9.17) is 0 Å². The highest BCUT2D eigenvalue weighted by Gasteiger charge is 2.54. The second-order valence-electron chi connectivity index (χ2n) is 5.93. The minimum Gasteiger partial charge on any atom is -0.356 e. The standard InChI is InChI=1S/C14H15BrF2N2O2S/c15-9-2-5-22-10(9)11(20)19-7-13(6-14(16,17)8-19)3-1-4-18-12(13)21/h2,5H,1,3-4,6-8H2,(H,18,21). The van der Waals surface area contributed by atoms with E-state index in [1.807, 2.05) is 0 Å². The maximum absolute atomic E-state index is 14.2. The summed E-state index contributed by atoms with van der Waals surface area (Å²) in [5.74, 6) is -3.85. The van der Waals surface area contributed by atoms with Gasteiger partial charge in [-0.15, -0.1) is 11.3 Å². The van der Waals surface area contributed by atoms with E-state index in [0.29, 0.717) is 28.7 Å². The lowest BCUT2D eigenvalue weighted by Crippen LogP contribution is -2.61. The number of likely N-dealkylation sites (tertiary alicyclic amines) is 1. The maximum Gasteiger partial charge on any atom is 0.266 e. The molecule has 0 aromatic carbocycles. The number of hydrogen-bond acceptors (Lipinski definition) is 3. The van der Waals surface area contributed by atoms with Gasteiger partial charge in [-0.1, -0.05) is 0 Å². The fourth-order valence-electron chi connectivity index (χ4n) is 3.29. The molecule has 2 saturated heterocycles. The number of nitrogens with one attached hydrogen (secondary N) is 1. The van der Waals surface area contributed by atoms with Crippen molar-refractivity contribution in [3.8, 4) is 0 Å². The number of nitrogens with zero attached hydrogens (tertiary/aromatic N) is 1. The zero-order valence-electron chi connectivity index (χ0n) is 11.7. The van der Waals surface area contributed by atoms with E-state index in [-0.39, 0.29) is 12.5 Å². The monoisotopic (exact) mass is 392 g/mol. The molecule has 1 aromatic heterocycles. The van der Waals surface area contributed by atoms with Gasteiger partial charge < -0.3 is 10.2 Å². The van der Waals surface area contributed by atoms with E-state index in [2.05, 4.69) is 21.2 Å². The van der Waals surface area contributed by atoms with Crippen LogP contribution in [0, 0.1) is 5.41 Å². The zero-order valence-corrected chi connectivity index (χ0v) is 14.1. The summed E-state index contributed by atoms with van der Waals surface area (Å²) in [4.78, 5) is 26.3. The van der Waals surface area contributed by atoms with Crippen molar-refractivity contribution in [2.45, 2.75) is 25.2 Å². The number of halogens is 3. The number of carbonyl (C=O) groups is 2. The Morgan fingerprint density at radius 3 is 2.82 bits per heavy atom. The van der Waals surface area contributed by atoms with Crippen molar-refractivity contribution in [1.29, 1.82) is 0 Å². The van der Waals surface area contributed by atoms with Gasteiger partial charge in [0.2, 0.25) is 5.91 Å². The Labute approximate surface area is 139 Å². The van der Waals surface area contributed by atoms with Crippen molar-refractivity contribution in [2.24, 2.45) is 5.41 Å². The average Bonchev–Trinajstić information content (AvgIpc) is 2.86. The van der Waals surface area contributed by atoms with Gasteiger partial charge in [-0.05, 0) is 40.2 Å². The Kier molecular flexibility index (Phi) is 4.01. The molecule has 2 amide bonds. The summed E-state index contributed by atoms with van der Waals surface area (Å²) in [6.45, 7) is -0.0701. The van der Waals surface area contributed by atoms with Crippen LogP contribution in [0.2, 0.25) is 0 Å². The number of amides is 2. The third-order valence-corrected chi connectivity index (χ3v) is 6.04. The highest BCUT2D eigenvalue weighted by atomic mass is 79.9. The lowest BCUT2D eigenvalue weighted by atomic mass is 9.72. The molecule has 1 unspecified atom stereocenters. The van der Waals surface area contributed by atoms with Crippen molar-refractivity contribution in [1.82, 2.24) is 10.2 Å². The Balaban J connectivity index is 1.90. The van der Waals surface area contributed by atoms with Crippen LogP contribution in [-0.4, -0.2) is 42.3 Å². The molecular formula is C14H15BrF2N2O2S. The molecule has 0 radical (unpaired) electrons. The molecule has 22 heavy (non-hydrogen) atoms. The highest BCUT2D eigenvalue weighted by Crippen LogP contribution is 2.44. The lowest BCUT2D eigenvalue weighted by Gasteiger charge is -2.46. The van der Waals surface area contributed by atoms with Crippen molar-refractivity contribution in [2.75, 3.05) is 19.6 Å². The van der Waals surface area contributed by atoms with E-state index in [0.717, 1.165) is 4.90 Å². The van der Waals surface area contributed by atoms with E-state index in [9.17, 15) is 18.4 Å². The normalized spacial score (nSPS) is 27.8. The first kappa shape index (κ1) is 15.9. The van der Waals surface area contributed by atoms with Crippen molar-refractivity contribution in [3.05, 3.63) is 20.8 Å². The van der Waals surface area contributed by atoms with Gasteiger partial charge in [0.15, 0.2) is 0 Å². The second-order valence-corrected chi connectivity index (χ2v) is 7.70. The van der Waals surface area contributed by atoms with E-state index < -0.39 is 30.2 Å². The number of piperidine rings is 2. The molecule has 0 aliphatic carbocycles. The first-order valence-corrected chi connectivity index (χ1v) is 8.69. The second kappa shape index (κ2) is 5.56. The minimum absolute atomic E-state index is 0.0532. The fraction of sp³-hybridized carbons (Fsp3) is 0.571.